The first-order valence-electron chi connectivity index (χ1n) is 13.3. The third kappa shape index (κ3) is 7.57. The standard InChI is InChI=1S/2C15H21.2ClH.Zr/c2*1-2-6-12(7-3-1)15-10-13-8-4-5-9-14(13)11-15;;;/h2*4-5,8,10,12,14-15H,1-3,6-7,9,11H2;2*1H;/q2*-1;;;+4/p-2. The minimum Gasteiger partial charge on any atom is -1.00 e. The van der Waals surface area contributed by atoms with E-state index in [-0.39, 0.29) is 51.0 Å². The van der Waals surface area contributed by atoms with Crippen molar-refractivity contribution in [2.75, 3.05) is 0 Å². The molecular formula is C30H42Cl2Zr. The van der Waals surface area contributed by atoms with E-state index in [4.69, 9.17) is 0 Å². The number of halogens is 2. The molecule has 4 unspecified atom stereocenters. The van der Waals surface area contributed by atoms with Gasteiger partial charge in [-0.15, -0.1) is 24.3 Å². The molecule has 4 saturated carbocycles. The minimum atomic E-state index is 0. The number of fused-ring (bicyclic) bond motifs is 2. The first-order valence-corrected chi connectivity index (χ1v) is 13.3. The summed E-state index contributed by atoms with van der Waals surface area (Å²) in [5.74, 6) is 5.63. The molecule has 0 bridgehead atoms. The Labute approximate surface area is 235 Å². The molecule has 0 radical (unpaired) electrons. The van der Waals surface area contributed by atoms with E-state index in [1.807, 2.05) is 0 Å². The second-order valence-electron chi connectivity index (χ2n) is 11.0. The van der Waals surface area contributed by atoms with E-state index in [0.29, 0.717) is 0 Å². The van der Waals surface area contributed by atoms with Crippen molar-refractivity contribution >= 4 is 0 Å². The number of hydrogen-bond donors (Lipinski definition) is 0. The molecule has 0 heterocycles. The Morgan fingerprint density at radius 3 is 1.33 bits per heavy atom. The maximum absolute atomic E-state index is 2.60. The summed E-state index contributed by atoms with van der Waals surface area (Å²) in [6.45, 7) is 0. The van der Waals surface area contributed by atoms with Crippen molar-refractivity contribution in [1.82, 2.24) is 0 Å². The Kier molecular flexibility index (Phi) is 13.1. The summed E-state index contributed by atoms with van der Waals surface area (Å²) in [7, 11) is 0. The van der Waals surface area contributed by atoms with Crippen LogP contribution in [0.15, 0.2) is 47.6 Å². The van der Waals surface area contributed by atoms with Gasteiger partial charge in [-0.3, -0.25) is 0 Å². The maximum atomic E-state index is 2.60. The summed E-state index contributed by atoms with van der Waals surface area (Å²) in [5.41, 5.74) is 3.29. The Bertz CT molecular complexity index is 634. The van der Waals surface area contributed by atoms with E-state index < -0.39 is 0 Å². The summed E-state index contributed by atoms with van der Waals surface area (Å²) in [5, 5.41) is 0. The van der Waals surface area contributed by atoms with Gasteiger partial charge in [-0.2, -0.15) is 0 Å². The predicted octanol–water partition coefficient (Wildman–Crippen LogP) is 2.59. The van der Waals surface area contributed by atoms with Crippen LogP contribution in [0.5, 0.6) is 0 Å². The van der Waals surface area contributed by atoms with Gasteiger partial charge in [0.15, 0.2) is 0 Å². The molecule has 0 saturated heterocycles. The molecule has 0 aromatic carbocycles. The van der Waals surface area contributed by atoms with Gasteiger partial charge < -0.3 is 24.8 Å². The molecule has 3 heteroatoms. The van der Waals surface area contributed by atoms with E-state index in [0.717, 1.165) is 35.5 Å². The van der Waals surface area contributed by atoms with Crippen LogP contribution in [0.4, 0.5) is 0 Å². The summed E-state index contributed by atoms with van der Waals surface area (Å²) in [6.07, 6.45) is 39.4. The van der Waals surface area contributed by atoms with Gasteiger partial charge in [-0.1, -0.05) is 101 Å². The molecule has 0 aliphatic heterocycles. The molecule has 0 amide bonds. The number of hydrogen-bond acceptors (Lipinski definition) is 0. The van der Waals surface area contributed by atoms with Crippen LogP contribution >= 0.6 is 0 Å². The van der Waals surface area contributed by atoms with E-state index in [9.17, 15) is 0 Å². The van der Waals surface area contributed by atoms with Crippen LogP contribution < -0.4 is 24.8 Å². The third-order valence-electron chi connectivity index (χ3n) is 9.07. The Balaban J connectivity index is 0.000000214. The van der Waals surface area contributed by atoms with Crippen molar-refractivity contribution in [1.29, 1.82) is 0 Å². The molecule has 33 heavy (non-hydrogen) atoms. The van der Waals surface area contributed by atoms with E-state index in [1.165, 1.54) is 89.9 Å². The summed E-state index contributed by atoms with van der Waals surface area (Å²) < 4.78 is 0. The topological polar surface area (TPSA) is 0 Å². The minimum absolute atomic E-state index is 0. The second-order valence-corrected chi connectivity index (χ2v) is 11.0. The van der Waals surface area contributed by atoms with Crippen molar-refractivity contribution in [3.05, 3.63) is 60.4 Å². The molecule has 4 fully saturated rings. The molecule has 180 valence electrons. The van der Waals surface area contributed by atoms with Crippen LogP contribution in [0.1, 0.15) is 89.9 Å². The van der Waals surface area contributed by atoms with Gasteiger partial charge >= 0.3 is 26.2 Å². The molecule has 0 aromatic rings. The zero-order valence-corrected chi connectivity index (χ0v) is 24.2. The molecule has 0 spiro atoms. The van der Waals surface area contributed by atoms with Crippen LogP contribution in [-0.4, -0.2) is 0 Å². The van der Waals surface area contributed by atoms with Gasteiger partial charge in [0, 0.05) is 0 Å². The average molecular weight is 565 g/mol. The first-order chi connectivity index (χ1) is 14.9. The van der Waals surface area contributed by atoms with Gasteiger partial charge in [0.2, 0.25) is 0 Å². The number of allylic oxidation sites excluding steroid dienone is 8. The monoisotopic (exact) mass is 562 g/mol. The number of rotatable bonds is 2. The van der Waals surface area contributed by atoms with Crippen molar-refractivity contribution in [2.45, 2.75) is 89.9 Å². The van der Waals surface area contributed by atoms with Crippen molar-refractivity contribution < 1.29 is 51.0 Å². The van der Waals surface area contributed by atoms with Gasteiger partial charge in [0.25, 0.3) is 0 Å². The second kappa shape index (κ2) is 14.7. The van der Waals surface area contributed by atoms with Gasteiger partial charge in [0.1, 0.15) is 0 Å². The Morgan fingerprint density at radius 1 is 0.576 bits per heavy atom. The summed E-state index contributed by atoms with van der Waals surface area (Å²) in [6, 6.07) is 0. The zero-order chi connectivity index (χ0) is 20.2. The van der Waals surface area contributed by atoms with Gasteiger partial charge in [0.05, 0.1) is 0 Å². The fourth-order valence-electron chi connectivity index (χ4n) is 7.31. The predicted molar refractivity (Wildman–Crippen MR) is 129 cm³/mol. The SMILES string of the molecule is C1=CCC2CC(C3CCCCC3)[CH-]C2=C1.C1=CCC2CC(C3CCCCC3)[CH-]C2=C1.[Cl-].[Cl-].[Zr+4]. The van der Waals surface area contributed by atoms with Crippen LogP contribution in [0, 0.1) is 48.3 Å². The van der Waals surface area contributed by atoms with Crippen LogP contribution in [0.25, 0.3) is 0 Å². The van der Waals surface area contributed by atoms with Crippen LogP contribution in [0.3, 0.4) is 0 Å². The average Bonchev–Trinajstić information content (AvgIpc) is 3.45. The third-order valence-corrected chi connectivity index (χ3v) is 9.07. The smallest absolute Gasteiger partial charge is 1.00 e. The van der Waals surface area contributed by atoms with Crippen molar-refractivity contribution in [2.24, 2.45) is 35.5 Å². The van der Waals surface area contributed by atoms with Gasteiger partial charge in [-0.25, -0.2) is 36.1 Å². The largest absolute Gasteiger partial charge is 4.00 e. The molecule has 0 nitrogen and oxygen atoms in total. The molecule has 6 aliphatic carbocycles. The molecule has 0 N–H and O–H groups in total. The molecule has 4 atom stereocenters. The van der Waals surface area contributed by atoms with E-state index >= 15 is 0 Å². The van der Waals surface area contributed by atoms with Crippen molar-refractivity contribution in [3.63, 3.8) is 0 Å². The Hall–Kier alpha value is 0.163. The molecule has 0 aromatic heterocycles. The quantitative estimate of drug-likeness (QED) is 0.453. The van der Waals surface area contributed by atoms with Crippen LogP contribution in [-0.2, 0) is 26.2 Å². The molecular weight excluding hydrogens is 522 g/mol. The van der Waals surface area contributed by atoms with Crippen molar-refractivity contribution in [3.8, 4) is 0 Å². The molecule has 6 rings (SSSR count). The first kappa shape index (κ1) is 29.4. The Morgan fingerprint density at radius 2 is 0.970 bits per heavy atom. The molecule has 6 aliphatic rings. The van der Waals surface area contributed by atoms with Gasteiger partial charge in [-0.05, 0) is 24.7 Å². The van der Waals surface area contributed by atoms with Crippen LogP contribution in [0.2, 0.25) is 0 Å². The fraction of sp³-hybridized carbons (Fsp3) is 0.667. The maximum Gasteiger partial charge on any atom is 4.00 e. The zero-order valence-electron chi connectivity index (χ0n) is 20.2. The van der Waals surface area contributed by atoms with E-state index in [1.54, 1.807) is 11.1 Å². The summed E-state index contributed by atoms with van der Waals surface area (Å²) >= 11 is 0. The fourth-order valence-corrected chi connectivity index (χ4v) is 7.31. The summed E-state index contributed by atoms with van der Waals surface area (Å²) in [4.78, 5) is 0. The van der Waals surface area contributed by atoms with E-state index in [2.05, 4.69) is 49.3 Å². The normalized spacial score (nSPS) is 32.6.